The molecule has 0 saturated carbocycles. The molecule has 3 heterocycles. The van der Waals surface area contributed by atoms with Crippen LogP contribution in [0.5, 0.6) is 5.75 Å². The minimum Gasteiger partial charge on any atom is -0.484 e. The van der Waals surface area contributed by atoms with Crippen LogP contribution in [0.4, 0.5) is 0 Å². The number of amides is 1. The summed E-state index contributed by atoms with van der Waals surface area (Å²) >= 11 is 0. The summed E-state index contributed by atoms with van der Waals surface area (Å²) < 4.78 is 12.8. The number of ether oxygens (including phenoxy) is 1. The molecule has 1 amide bonds. The first kappa shape index (κ1) is 19.2. The molecule has 2 aromatic heterocycles. The Morgan fingerprint density at radius 1 is 1.31 bits per heavy atom. The van der Waals surface area contributed by atoms with Gasteiger partial charge in [0.15, 0.2) is 18.1 Å². The lowest BCUT2D eigenvalue weighted by Crippen LogP contribution is -2.47. The van der Waals surface area contributed by atoms with Crippen LogP contribution in [0.3, 0.4) is 0 Å². The number of hydrogen-bond acceptors (Lipinski definition) is 6. The molecule has 0 N–H and O–H groups in total. The van der Waals surface area contributed by atoms with Crippen LogP contribution in [-0.4, -0.2) is 43.8 Å². The van der Waals surface area contributed by atoms with Crippen LogP contribution in [0.25, 0.3) is 0 Å². The molecule has 8 nitrogen and oxygen atoms in total. The zero-order chi connectivity index (χ0) is 20.4. The van der Waals surface area contributed by atoms with Gasteiger partial charge in [0.05, 0.1) is 0 Å². The fourth-order valence-electron chi connectivity index (χ4n) is 3.64. The molecule has 1 saturated heterocycles. The molecule has 0 spiro atoms. The third-order valence-electron chi connectivity index (χ3n) is 5.43. The molecule has 3 aromatic rings. The summed E-state index contributed by atoms with van der Waals surface area (Å²) in [6, 6.07) is 11.3. The van der Waals surface area contributed by atoms with Crippen molar-refractivity contribution in [3.8, 4) is 5.75 Å². The molecule has 1 aromatic carbocycles. The molecule has 0 aliphatic carbocycles. The average Bonchev–Trinajstić information content (AvgIpc) is 3.34. The van der Waals surface area contributed by atoms with Gasteiger partial charge in [-0.25, -0.2) is 0 Å². The zero-order valence-corrected chi connectivity index (χ0v) is 17.0. The average molecular weight is 395 g/mol. The highest BCUT2D eigenvalue weighted by Gasteiger charge is 2.39. The number of aryl methyl sites for hydroxylation is 2. The standard InChI is InChI=1S/C21H25N5O3/c1-15-12-17(23-25(15)3)19(27)26-11-7-10-21(2,14-26)20-22-18(29-24-20)13-28-16-8-5-4-6-9-16/h4-6,8-9,12H,7,10-11,13-14H2,1-3H3. The highest BCUT2D eigenvalue weighted by molar-refractivity contribution is 5.92. The first-order valence-electron chi connectivity index (χ1n) is 9.75. The molecule has 0 radical (unpaired) electrons. The molecule has 4 rings (SSSR count). The Bertz CT molecular complexity index is 977. The van der Waals surface area contributed by atoms with Crippen molar-refractivity contribution in [3.63, 3.8) is 0 Å². The smallest absolute Gasteiger partial charge is 0.274 e. The number of benzene rings is 1. The van der Waals surface area contributed by atoms with E-state index >= 15 is 0 Å². The van der Waals surface area contributed by atoms with E-state index in [4.69, 9.17) is 9.26 Å². The van der Waals surface area contributed by atoms with Gasteiger partial charge in [0.1, 0.15) is 5.75 Å². The van der Waals surface area contributed by atoms with Crippen molar-refractivity contribution in [1.29, 1.82) is 0 Å². The number of aromatic nitrogens is 4. The highest BCUT2D eigenvalue weighted by Crippen LogP contribution is 2.32. The molecular weight excluding hydrogens is 370 g/mol. The second kappa shape index (κ2) is 7.69. The monoisotopic (exact) mass is 395 g/mol. The molecule has 1 unspecified atom stereocenters. The maximum absolute atomic E-state index is 12.9. The Morgan fingerprint density at radius 2 is 2.10 bits per heavy atom. The van der Waals surface area contributed by atoms with Crippen molar-refractivity contribution in [2.75, 3.05) is 13.1 Å². The summed E-state index contributed by atoms with van der Waals surface area (Å²) in [4.78, 5) is 19.3. The summed E-state index contributed by atoms with van der Waals surface area (Å²) in [5, 5.41) is 8.51. The van der Waals surface area contributed by atoms with Crippen molar-refractivity contribution in [2.24, 2.45) is 7.05 Å². The van der Waals surface area contributed by atoms with Gasteiger partial charge in [0.2, 0.25) is 0 Å². The largest absolute Gasteiger partial charge is 0.484 e. The normalized spacial score (nSPS) is 19.3. The lowest BCUT2D eigenvalue weighted by Gasteiger charge is -2.38. The van der Waals surface area contributed by atoms with Crippen LogP contribution in [0, 0.1) is 6.92 Å². The van der Waals surface area contributed by atoms with E-state index in [-0.39, 0.29) is 17.9 Å². The molecule has 1 fully saturated rings. The van der Waals surface area contributed by atoms with E-state index in [1.165, 1.54) is 0 Å². The second-order valence-corrected chi connectivity index (χ2v) is 7.80. The minimum atomic E-state index is -0.369. The number of likely N-dealkylation sites (tertiary alicyclic amines) is 1. The zero-order valence-electron chi connectivity index (χ0n) is 17.0. The van der Waals surface area contributed by atoms with Gasteiger partial charge >= 0.3 is 0 Å². The van der Waals surface area contributed by atoms with Crippen LogP contribution in [-0.2, 0) is 19.1 Å². The summed E-state index contributed by atoms with van der Waals surface area (Å²) in [7, 11) is 1.84. The van der Waals surface area contributed by atoms with E-state index in [1.807, 2.05) is 55.3 Å². The molecular formula is C21H25N5O3. The molecule has 1 aliphatic rings. The van der Waals surface area contributed by atoms with E-state index < -0.39 is 0 Å². The predicted octanol–water partition coefficient (Wildman–Crippen LogP) is 2.88. The first-order chi connectivity index (χ1) is 13.9. The van der Waals surface area contributed by atoms with E-state index in [1.54, 1.807) is 4.68 Å². The first-order valence-corrected chi connectivity index (χ1v) is 9.75. The van der Waals surface area contributed by atoms with Crippen molar-refractivity contribution >= 4 is 5.91 Å². The van der Waals surface area contributed by atoms with Crippen LogP contribution in [0.15, 0.2) is 40.9 Å². The van der Waals surface area contributed by atoms with Gasteiger partial charge in [-0.05, 0) is 38.0 Å². The molecule has 8 heteroatoms. The lowest BCUT2D eigenvalue weighted by molar-refractivity contribution is 0.0635. The number of carbonyl (C=O) groups is 1. The molecule has 0 bridgehead atoms. The van der Waals surface area contributed by atoms with Crippen LogP contribution in [0.1, 0.15) is 47.7 Å². The van der Waals surface area contributed by atoms with E-state index in [2.05, 4.69) is 22.2 Å². The minimum absolute atomic E-state index is 0.0595. The maximum Gasteiger partial charge on any atom is 0.274 e. The van der Waals surface area contributed by atoms with E-state index in [9.17, 15) is 4.79 Å². The van der Waals surface area contributed by atoms with Gasteiger partial charge in [-0.2, -0.15) is 10.1 Å². The topological polar surface area (TPSA) is 86.3 Å². The number of nitrogens with zero attached hydrogens (tertiary/aromatic N) is 5. The van der Waals surface area contributed by atoms with Gasteiger partial charge in [0, 0.05) is 31.2 Å². The summed E-state index contributed by atoms with van der Waals surface area (Å²) in [5.74, 6) is 1.72. The second-order valence-electron chi connectivity index (χ2n) is 7.80. The highest BCUT2D eigenvalue weighted by atomic mass is 16.5. The van der Waals surface area contributed by atoms with Crippen molar-refractivity contribution in [1.82, 2.24) is 24.8 Å². The van der Waals surface area contributed by atoms with Crippen molar-refractivity contribution < 1.29 is 14.1 Å². The molecule has 152 valence electrons. The van der Waals surface area contributed by atoms with Gasteiger partial charge in [0.25, 0.3) is 11.8 Å². The molecule has 29 heavy (non-hydrogen) atoms. The predicted molar refractivity (Wildman–Crippen MR) is 106 cm³/mol. The van der Waals surface area contributed by atoms with Crippen molar-refractivity contribution in [2.45, 2.75) is 38.7 Å². The molecule has 1 atom stereocenters. The number of piperidine rings is 1. The fraction of sp³-hybridized carbons (Fsp3) is 0.429. The van der Waals surface area contributed by atoms with Crippen molar-refractivity contribution in [3.05, 3.63) is 59.5 Å². The fourth-order valence-corrected chi connectivity index (χ4v) is 3.64. The lowest BCUT2D eigenvalue weighted by atomic mass is 9.81. The quantitative estimate of drug-likeness (QED) is 0.660. The van der Waals surface area contributed by atoms with Crippen LogP contribution < -0.4 is 4.74 Å². The van der Waals surface area contributed by atoms with Gasteiger partial charge in [-0.15, -0.1) is 0 Å². The van der Waals surface area contributed by atoms with Gasteiger partial charge in [-0.1, -0.05) is 30.3 Å². The maximum atomic E-state index is 12.9. The SMILES string of the molecule is Cc1cc(C(=O)N2CCCC(C)(c3noc(COc4ccccc4)n3)C2)nn1C. The third kappa shape index (κ3) is 4.01. The summed E-state index contributed by atoms with van der Waals surface area (Å²) in [5.41, 5.74) is 1.06. The number of para-hydroxylation sites is 1. The third-order valence-corrected chi connectivity index (χ3v) is 5.43. The number of carbonyl (C=O) groups excluding carboxylic acids is 1. The molecule has 1 aliphatic heterocycles. The number of hydrogen-bond donors (Lipinski definition) is 0. The van der Waals surface area contributed by atoms with E-state index in [0.717, 1.165) is 24.3 Å². The summed E-state index contributed by atoms with van der Waals surface area (Å²) in [6.07, 6.45) is 1.76. The Labute approximate surface area is 169 Å². The summed E-state index contributed by atoms with van der Waals surface area (Å²) in [6.45, 7) is 5.44. The van der Waals surface area contributed by atoms with Crippen LogP contribution >= 0.6 is 0 Å². The van der Waals surface area contributed by atoms with Crippen LogP contribution in [0.2, 0.25) is 0 Å². The van der Waals surface area contributed by atoms with Gasteiger partial charge < -0.3 is 14.2 Å². The Kier molecular flexibility index (Phi) is 5.08. The van der Waals surface area contributed by atoms with E-state index in [0.29, 0.717) is 30.5 Å². The Hall–Kier alpha value is -3.16. The Balaban J connectivity index is 1.45. The number of rotatable bonds is 5. The Morgan fingerprint density at radius 3 is 2.83 bits per heavy atom. The van der Waals surface area contributed by atoms with Gasteiger partial charge in [-0.3, -0.25) is 9.48 Å².